The quantitative estimate of drug-likeness (QED) is 0.313. The number of methoxy groups -OCH3 is 1. The number of hydrogen-bond acceptors (Lipinski definition) is 9. The fourth-order valence-electron chi connectivity index (χ4n) is 6.29. The van der Waals surface area contributed by atoms with Crippen molar-refractivity contribution in [1.29, 1.82) is 0 Å². The lowest BCUT2D eigenvalue weighted by Crippen LogP contribution is -2.72. The van der Waals surface area contributed by atoms with Crippen molar-refractivity contribution in [2.24, 2.45) is 5.92 Å². The minimum Gasteiger partial charge on any atom is -0.468 e. The molecule has 10 heteroatoms. The first-order valence-corrected chi connectivity index (χ1v) is 13.5. The zero-order valence-corrected chi connectivity index (χ0v) is 20.8. The van der Waals surface area contributed by atoms with E-state index in [-0.39, 0.29) is 29.6 Å². The van der Waals surface area contributed by atoms with Crippen LogP contribution in [-0.2, 0) is 14.3 Å². The number of ether oxygens (including phenoxy) is 1. The lowest BCUT2D eigenvalue weighted by atomic mass is 9.78. The predicted molar refractivity (Wildman–Crippen MR) is 130 cm³/mol. The van der Waals surface area contributed by atoms with Gasteiger partial charge in [-0.2, -0.15) is 0 Å². The fourth-order valence-corrected chi connectivity index (χ4v) is 6.29. The van der Waals surface area contributed by atoms with E-state index < -0.39 is 6.04 Å². The van der Waals surface area contributed by atoms with Crippen LogP contribution in [0.4, 0.5) is 0 Å². The van der Waals surface area contributed by atoms with Crippen molar-refractivity contribution in [3.63, 3.8) is 0 Å². The predicted octanol–water partition coefficient (Wildman–Crippen LogP) is 0.467. The molecular weight excluding hydrogens is 434 g/mol. The van der Waals surface area contributed by atoms with E-state index in [0.717, 1.165) is 32.6 Å². The number of esters is 1. The Labute approximate surface area is 204 Å². The lowest BCUT2D eigenvalue weighted by Gasteiger charge is -2.51. The number of hydrazine groups is 2. The number of nitrogens with one attached hydrogen (secondary N) is 6. The van der Waals surface area contributed by atoms with Crippen LogP contribution in [0.2, 0.25) is 0 Å². The monoisotopic (exact) mass is 479 g/mol. The summed E-state index contributed by atoms with van der Waals surface area (Å²) in [5, 5.41) is 6.56. The molecule has 0 aromatic rings. The molecule has 34 heavy (non-hydrogen) atoms. The summed E-state index contributed by atoms with van der Waals surface area (Å²) in [5.74, 6) is 0.110. The minimum absolute atomic E-state index is 0.0764. The van der Waals surface area contributed by atoms with Crippen LogP contribution in [0, 0.1) is 5.92 Å². The van der Waals surface area contributed by atoms with E-state index in [1.54, 1.807) is 0 Å². The number of rotatable bonds is 5. The van der Waals surface area contributed by atoms with E-state index in [9.17, 15) is 9.59 Å². The Kier molecular flexibility index (Phi) is 9.55. The van der Waals surface area contributed by atoms with Crippen molar-refractivity contribution in [1.82, 2.24) is 37.2 Å². The summed E-state index contributed by atoms with van der Waals surface area (Å²) in [7, 11) is 1.36. The van der Waals surface area contributed by atoms with E-state index in [1.807, 2.05) is 0 Å². The molecule has 0 aromatic carbocycles. The Morgan fingerprint density at radius 3 is 2.26 bits per heavy atom. The molecule has 0 radical (unpaired) electrons. The molecule has 3 aliphatic heterocycles. The van der Waals surface area contributed by atoms with Gasteiger partial charge in [0, 0.05) is 26.3 Å². The maximum absolute atomic E-state index is 13.1. The van der Waals surface area contributed by atoms with Crippen LogP contribution < -0.4 is 32.3 Å². The zero-order valence-electron chi connectivity index (χ0n) is 20.8. The third-order valence-corrected chi connectivity index (χ3v) is 8.31. The first-order valence-electron chi connectivity index (χ1n) is 13.5. The summed E-state index contributed by atoms with van der Waals surface area (Å²) in [6, 6.07) is -1.24. The second-order valence-electron chi connectivity index (χ2n) is 10.5. The standard InChI is InChI=1S/C24H45N7O3/c1-34-23(33)21-20(16-26-29-21)27-22(32)19-12-13-24(30-28-19,31-15-14-25-17-31)18-10-8-6-4-2-3-5-7-9-11-18/h18-21,25-26,28-30H,2-17H2,1H3,(H,27,32). The Balaban J connectivity index is 1.40. The molecule has 4 fully saturated rings. The van der Waals surface area contributed by atoms with Crippen molar-refractivity contribution in [2.45, 2.75) is 101 Å². The average Bonchev–Trinajstić information content (AvgIpc) is 3.55. The highest BCUT2D eigenvalue weighted by atomic mass is 16.5. The van der Waals surface area contributed by atoms with E-state index in [0.29, 0.717) is 12.5 Å². The van der Waals surface area contributed by atoms with Crippen LogP contribution in [-0.4, -0.2) is 74.0 Å². The van der Waals surface area contributed by atoms with Gasteiger partial charge in [-0.15, -0.1) is 0 Å². The van der Waals surface area contributed by atoms with Gasteiger partial charge in [0.25, 0.3) is 0 Å². The van der Waals surface area contributed by atoms with Crippen LogP contribution in [0.15, 0.2) is 0 Å². The van der Waals surface area contributed by atoms with Crippen molar-refractivity contribution in [2.75, 3.05) is 33.4 Å². The molecule has 4 atom stereocenters. The lowest BCUT2D eigenvalue weighted by molar-refractivity contribution is -0.143. The highest BCUT2D eigenvalue weighted by molar-refractivity contribution is 5.84. The first-order chi connectivity index (χ1) is 16.6. The smallest absolute Gasteiger partial charge is 0.326 e. The van der Waals surface area contributed by atoms with Gasteiger partial charge in [0.05, 0.1) is 18.8 Å². The van der Waals surface area contributed by atoms with Crippen molar-refractivity contribution in [3.05, 3.63) is 0 Å². The van der Waals surface area contributed by atoms with E-state index in [1.165, 1.54) is 71.3 Å². The highest BCUT2D eigenvalue weighted by Gasteiger charge is 2.48. The van der Waals surface area contributed by atoms with Crippen LogP contribution in [0.25, 0.3) is 0 Å². The Morgan fingerprint density at radius 2 is 1.68 bits per heavy atom. The molecule has 4 aliphatic rings. The molecule has 1 saturated carbocycles. The Morgan fingerprint density at radius 1 is 0.971 bits per heavy atom. The average molecular weight is 480 g/mol. The fraction of sp³-hybridized carbons (Fsp3) is 0.917. The largest absolute Gasteiger partial charge is 0.468 e. The number of hydrogen-bond donors (Lipinski definition) is 6. The van der Waals surface area contributed by atoms with Gasteiger partial charge < -0.3 is 15.4 Å². The molecule has 4 unspecified atom stereocenters. The summed E-state index contributed by atoms with van der Waals surface area (Å²) in [4.78, 5) is 27.7. The van der Waals surface area contributed by atoms with Gasteiger partial charge in [0.1, 0.15) is 12.1 Å². The SMILES string of the molecule is COC(=O)C1NNCC1NC(=O)C1CCC(C2CCCCCCCCCC2)(N2CCNC2)NN1. The molecule has 0 bridgehead atoms. The van der Waals surface area contributed by atoms with E-state index in [2.05, 4.69) is 37.2 Å². The van der Waals surface area contributed by atoms with Crippen LogP contribution in [0.1, 0.15) is 77.0 Å². The molecule has 10 nitrogen and oxygen atoms in total. The second-order valence-corrected chi connectivity index (χ2v) is 10.5. The summed E-state index contributed by atoms with van der Waals surface area (Å²) in [6.07, 6.45) is 14.9. The van der Waals surface area contributed by atoms with Crippen molar-refractivity contribution in [3.8, 4) is 0 Å². The second kappa shape index (κ2) is 12.6. The maximum Gasteiger partial charge on any atom is 0.326 e. The zero-order chi connectivity index (χ0) is 23.8. The highest BCUT2D eigenvalue weighted by Crippen LogP contribution is 2.38. The van der Waals surface area contributed by atoms with Crippen LogP contribution in [0.5, 0.6) is 0 Å². The van der Waals surface area contributed by atoms with Crippen LogP contribution in [0.3, 0.4) is 0 Å². The summed E-state index contributed by atoms with van der Waals surface area (Å²) in [5.41, 5.74) is 12.8. The molecule has 1 amide bonds. The molecule has 1 aliphatic carbocycles. The molecular formula is C24H45N7O3. The van der Waals surface area contributed by atoms with Gasteiger partial charge in [0.2, 0.25) is 5.91 Å². The van der Waals surface area contributed by atoms with E-state index >= 15 is 0 Å². The van der Waals surface area contributed by atoms with Gasteiger partial charge in [0.15, 0.2) is 0 Å². The third-order valence-electron chi connectivity index (χ3n) is 8.31. The number of carbonyl (C=O) groups excluding carboxylic acids is 2. The normalized spacial score (nSPS) is 34.9. The van der Waals surface area contributed by atoms with Gasteiger partial charge in [-0.25, -0.2) is 16.3 Å². The molecule has 194 valence electrons. The molecule has 0 aromatic heterocycles. The third kappa shape index (κ3) is 6.09. The Bertz CT molecular complexity index is 653. The molecule has 6 N–H and O–H groups in total. The maximum atomic E-state index is 13.1. The first kappa shape index (κ1) is 25.8. The molecule has 3 heterocycles. The van der Waals surface area contributed by atoms with Gasteiger partial charge in [-0.05, 0) is 31.6 Å². The molecule has 4 rings (SSSR count). The summed E-state index contributed by atoms with van der Waals surface area (Å²) < 4.78 is 4.85. The summed E-state index contributed by atoms with van der Waals surface area (Å²) >= 11 is 0. The number of carbonyl (C=O) groups is 2. The molecule has 0 spiro atoms. The van der Waals surface area contributed by atoms with Gasteiger partial charge in [-0.1, -0.05) is 51.4 Å². The van der Waals surface area contributed by atoms with Gasteiger partial charge in [-0.3, -0.25) is 19.9 Å². The Hall–Kier alpha value is -1.30. The number of amides is 1. The topological polar surface area (TPSA) is 119 Å². The number of nitrogens with zero attached hydrogens (tertiary/aromatic N) is 1. The van der Waals surface area contributed by atoms with E-state index in [4.69, 9.17) is 4.74 Å². The van der Waals surface area contributed by atoms with Crippen LogP contribution >= 0.6 is 0 Å². The summed E-state index contributed by atoms with van der Waals surface area (Å²) in [6.45, 7) is 3.41. The minimum atomic E-state index is -0.577. The van der Waals surface area contributed by atoms with Crippen molar-refractivity contribution >= 4 is 11.9 Å². The van der Waals surface area contributed by atoms with Crippen molar-refractivity contribution < 1.29 is 14.3 Å². The van der Waals surface area contributed by atoms with Gasteiger partial charge >= 0.3 is 5.97 Å². The molecule has 3 saturated heterocycles.